The van der Waals surface area contributed by atoms with Crippen molar-refractivity contribution in [3.8, 4) is 0 Å². The van der Waals surface area contributed by atoms with Crippen LogP contribution in [-0.2, 0) is 32.7 Å². The summed E-state index contributed by atoms with van der Waals surface area (Å²) in [6.07, 6.45) is 88.4. The first-order valence-electron chi connectivity index (χ1n) is 35.3. The van der Waals surface area contributed by atoms with Crippen LogP contribution in [0.15, 0.2) is 85.1 Å². The lowest BCUT2D eigenvalue weighted by Crippen LogP contribution is -2.37. The number of hydrogen-bond acceptors (Lipinski definition) is 7. The average Bonchev–Trinajstić information content (AvgIpc) is 3.61. The zero-order valence-electron chi connectivity index (χ0n) is 55.6. The summed E-state index contributed by atoms with van der Waals surface area (Å²) in [7, 11) is 1.48. The zero-order chi connectivity index (χ0) is 61.2. The molecule has 0 heterocycles. The largest absolute Gasteiger partial charge is 0.472 e. The lowest BCUT2D eigenvalue weighted by Gasteiger charge is -2.24. The van der Waals surface area contributed by atoms with Crippen LogP contribution in [0, 0.1) is 0 Å². The Balaban J connectivity index is 3.98. The molecule has 0 amide bonds. The highest BCUT2D eigenvalue weighted by molar-refractivity contribution is 7.47. The highest BCUT2D eigenvalue weighted by Gasteiger charge is 2.27. The molecule has 0 bridgehead atoms. The number of unbranched alkanes of at least 4 members (excludes halogenated alkanes) is 37. The van der Waals surface area contributed by atoms with Crippen LogP contribution in [0.5, 0.6) is 0 Å². The third-order valence-electron chi connectivity index (χ3n) is 15.4. The molecule has 10 heteroatoms. The Morgan fingerprint density at radius 1 is 0.381 bits per heavy atom. The van der Waals surface area contributed by atoms with Crippen molar-refractivity contribution in [1.29, 1.82) is 0 Å². The van der Waals surface area contributed by atoms with Gasteiger partial charge in [0.05, 0.1) is 27.7 Å². The molecular formula is C74H135NO8P+. The van der Waals surface area contributed by atoms with Crippen LogP contribution in [0.3, 0.4) is 0 Å². The Morgan fingerprint density at radius 2 is 0.679 bits per heavy atom. The van der Waals surface area contributed by atoms with E-state index in [2.05, 4.69) is 98.9 Å². The predicted octanol–water partition coefficient (Wildman–Crippen LogP) is 22.9. The third kappa shape index (κ3) is 68.3. The van der Waals surface area contributed by atoms with Gasteiger partial charge in [-0.15, -0.1) is 0 Å². The van der Waals surface area contributed by atoms with E-state index < -0.39 is 26.5 Å². The number of phosphoric ester groups is 1. The van der Waals surface area contributed by atoms with Crippen LogP contribution in [0.1, 0.15) is 322 Å². The number of likely N-dealkylation sites (N-methyl/N-ethyl adjacent to an activating group) is 1. The van der Waals surface area contributed by atoms with E-state index in [4.69, 9.17) is 18.5 Å². The van der Waals surface area contributed by atoms with Gasteiger partial charge in [0, 0.05) is 12.8 Å². The van der Waals surface area contributed by atoms with Gasteiger partial charge in [0.15, 0.2) is 6.10 Å². The monoisotopic (exact) mass is 1200 g/mol. The van der Waals surface area contributed by atoms with Gasteiger partial charge in [-0.1, -0.05) is 304 Å². The maximum atomic E-state index is 12.9. The summed E-state index contributed by atoms with van der Waals surface area (Å²) in [5.74, 6) is -0.794. The summed E-state index contributed by atoms with van der Waals surface area (Å²) in [6, 6.07) is 0. The fraction of sp³-hybridized carbons (Fsp3) is 0.784. The second-order valence-electron chi connectivity index (χ2n) is 24.9. The Labute approximate surface area is 520 Å². The number of quaternary nitrogens is 1. The maximum Gasteiger partial charge on any atom is 0.472 e. The van der Waals surface area contributed by atoms with Gasteiger partial charge in [0.2, 0.25) is 0 Å². The van der Waals surface area contributed by atoms with Gasteiger partial charge in [-0.3, -0.25) is 18.6 Å². The van der Waals surface area contributed by atoms with Crippen molar-refractivity contribution in [1.82, 2.24) is 0 Å². The highest BCUT2D eigenvalue weighted by Crippen LogP contribution is 2.43. The van der Waals surface area contributed by atoms with Crippen molar-refractivity contribution in [3.63, 3.8) is 0 Å². The number of allylic oxidation sites excluding steroid dienone is 14. The fourth-order valence-corrected chi connectivity index (χ4v) is 10.8. The van der Waals surface area contributed by atoms with Gasteiger partial charge in [0.25, 0.3) is 0 Å². The van der Waals surface area contributed by atoms with E-state index >= 15 is 0 Å². The molecule has 0 rings (SSSR count). The topological polar surface area (TPSA) is 108 Å². The van der Waals surface area contributed by atoms with Crippen molar-refractivity contribution in [3.05, 3.63) is 85.1 Å². The molecule has 488 valence electrons. The standard InChI is InChI=1S/C74H134NO8P/c1-6-8-10-12-14-16-18-20-22-24-26-28-30-31-32-33-34-35-36-37-38-39-40-41-42-43-45-47-49-51-53-55-57-59-61-63-65-67-74(77)83-72(71-82-84(78,79)81-69-68-75(3,4)5)70-80-73(76)66-64-62-60-58-56-54-52-50-48-46-44-29-27-25-23-21-19-17-15-13-11-9-7-2/h8,10,14,16,19-22,25-28,44,46,72H,6-7,9,11-13,15,17-18,23-24,29-43,45,47-71H2,1-5H3/p+1/b10-8-,16-14-,21-19-,22-20-,27-25-,28-26-,46-44-. The molecule has 0 aromatic rings. The predicted molar refractivity (Wildman–Crippen MR) is 362 cm³/mol. The normalized spacial score (nSPS) is 13.6. The van der Waals surface area contributed by atoms with Gasteiger partial charge >= 0.3 is 19.8 Å². The molecule has 2 unspecified atom stereocenters. The molecule has 0 saturated carbocycles. The summed E-state index contributed by atoms with van der Waals surface area (Å²) >= 11 is 0. The van der Waals surface area contributed by atoms with Crippen molar-refractivity contribution in [2.75, 3.05) is 47.5 Å². The number of rotatable bonds is 65. The van der Waals surface area contributed by atoms with Gasteiger partial charge in [0.1, 0.15) is 19.8 Å². The number of esters is 2. The minimum absolute atomic E-state index is 0.0296. The molecule has 0 spiro atoms. The summed E-state index contributed by atoms with van der Waals surface area (Å²) in [4.78, 5) is 35.9. The lowest BCUT2D eigenvalue weighted by atomic mass is 10.0. The zero-order valence-corrected chi connectivity index (χ0v) is 56.5. The van der Waals surface area contributed by atoms with Crippen LogP contribution in [0.2, 0.25) is 0 Å². The molecule has 1 N–H and O–H groups in total. The molecule has 0 radical (unpaired) electrons. The van der Waals surface area contributed by atoms with Crippen molar-refractivity contribution in [2.24, 2.45) is 0 Å². The minimum atomic E-state index is -4.39. The molecule has 84 heavy (non-hydrogen) atoms. The number of ether oxygens (including phenoxy) is 2. The lowest BCUT2D eigenvalue weighted by molar-refractivity contribution is -0.870. The first-order chi connectivity index (χ1) is 41.0. The Morgan fingerprint density at radius 3 is 1.01 bits per heavy atom. The van der Waals surface area contributed by atoms with E-state index in [0.29, 0.717) is 17.4 Å². The number of hydrogen-bond donors (Lipinski definition) is 1. The summed E-state index contributed by atoms with van der Waals surface area (Å²) < 4.78 is 34.7. The molecule has 0 aliphatic carbocycles. The average molecular weight is 1200 g/mol. The number of carbonyl (C=O) groups is 2. The summed E-state index contributed by atoms with van der Waals surface area (Å²) in [5.41, 5.74) is 0. The molecule has 0 saturated heterocycles. The van der Waals surface area contributed by atoms with Crippen molar-refractivity contribution >= 4 is 19.8 Å². The third-order valence-corrected chi connectivity index (χ3v) is 16.4. The van der Waals surface area contributed by atoms with E-state index in [9.17, 15) is 19.0 Å². The first-order valence-corrected chi connectivity index (χ1v) is 36.8. The van der Waals surface area contributed by atoms with Crippen molar-refractivity contribution < 1.29 is 42.1 Å². The van der Waals surface area contributed by atoms with Gasteiger partial charge < -0.3 is 18.9 Å². The molecule has 0 aliphatic rings. The molecule has 0 aromatic heterocycles. The van der Waals surface area contributed by atoms with E-state index in [0.717, 1.165) is 83.5 Å². The smallest absolute Gasteiger partial charge is 0.462 e. The Kier molecular flexibility index (Phi) is 62.5. The van der Waals surface area contributed by atoms with Crippen molar-refractivity contribution in [2.45, 2.75) is 328 Å². The fourth-order valence-electron chi connectivity index (χ4n) is 10.0. The molecule has 0 aromatic carbocycles. The van der Waals surface area contributed by atoms with Gasteiger partial charge in [-0.05, 0) is 89.9 Å². The SMILES string of the molecule is CC/C=C\C/C=C\C/C=C\C/C=C\CCCCCCCCCCCCCCCCCCCCCCCCCCC(=O)OC(COC(=O)CCCCCCCCCC/C=C\C/C=C\C/C=C\CCCCCCC)COP(=O)(O)OCC[N+](C)(C)C. The van der Waals surface area contributed by atoms with E-state index in [-0.39, 0.29) is 32.0 Å². The summed E-state index contributed by atoms with van der Waals surface area (Å²) in [5, 5.41) is 0. The minimum Gasteiger partial charge on any atom is -0.462 e. The van der Waals surface area contributed by atoms with E-state index in [1.165, 1.54) is 205 Å². The summed E-state index contributed by atoms with van der Waals surface area (Å²) in [6.45, 7) is 4.34. The van der Waals surface area contributed by atoms with E-state index in [1.807, 2.05) is 21.1 Å². The number of phosphoric acid groups is 1. The number of carbonyl (C=O) groups excluding carboxylic acids is 2. The second kappa shape index (κ2) is 64.7. The van der Waals surface area contributed by atoms with E-state index in [1.54, 1.807) is 0 Å². The molecule has 0 aliphatic heterocycles. The van der Waals surface area contributed by atoms with Crippen LogP contribution in [0.25, 0.3) is 0 Å². The van der Waals surface area contributed by atoms with Crippen LogP contribution in [-0.4, -0.2) is 74.9 Å². The van der Waals surface area contributed by atoms with Crippen LogP contribution >= 0.6 is 7.82 Å². The van der Waals surface area contributed by atoms with Gasteiger partial charge in [-0.25, -0.2) is 4.57 Å². The molecular weight excluding hydrogens is 1060 g/mol. The highest BCUT2D eigenvalue weighted by atomic mass is 31.2. The quantitative estimate of drug-likeness (QED) is 0.0211. The first kappa shape index (κ1) is 81.2. The molecule has 9 nitrogen and oxygen atoms in total. The van der Waals surface area contributed by atoms with Crippen LogP contribution < -0.4 is 0 Å². The maximum absolute atomic E-state index is 12.9. The number of nitrogens with zero attached hydrogens (tertiary/aromatic N) is 1. The van der Waals surface area contributed by atoms with Crippen LogP contribution in [0.4, 0.5) is 0 Å². The molecule has 0 fully saturated rings. The Bertz CT molecular complexity index is 1690. The molecule has 2 atom stereocenters. The van der Waals surface area contributed by atoms with Gasteiger partial charge in [-0.2, -0.15) is 0 Å². The second-order valence-corrected chi connectivity index (χ2v) is 26.3. The Hall–Kier alpha value is -2.81.